The maximum Gasteiger partial charge on any atom is 0.333 e. The summed E-state index contributed by atoms with van der Waals surface area (Å²) in [5.74, 6) is -2.07. The van der Waals surface area contributed by atoms with Crippen molar-refractivity contribution in [2.45, 2.75) is 26.8 Å². The summed E-state index contributed by atoms with van der Waals surface area (Å²) in [6, 6.07) is -0.783. The van der Waals surface area contributed by atoms with E-state index in [2.05, 4.69) is 5.32 Å². The van der Waals surface area contributed by atoms with Gasteiger partial charge in [0.05, 0.1) is 5.57 Å². The van der Waals surface area contributed by atoms with E-state index in [1.54, 1.807) is 0 Å². The van der Waals surface area contributed by atoms with Crippen LogP contribution in [-0.2, 0) is 9.59 Å². The molecule has 0 bridgehead atoms. The molecule has 0 unspecified atom stereocenters. The standard InChI is InChI=1S/C8H13NO4/c1-4(7(10)11)5(2)9-6(3)8(12)13/h6,9H,1-3H3,(H,10,11)(H,12,13)/t6-/m0/s1. The topological polar surface area (TPSA) is 86.6 Å². The second-order valence-electron chi connectivity index (χ2n) is 2.76. The van der Waals surface area contributed by atoms with Crippen molar-refractivity contribution >= 4 is 11.9 Å². The number of carbonyl (C=O) groups is 2. The van der Waals surface area contributed by atoms with E-state index < -0.39 is 18.0 Å². The summed E-state index contributed by atoms with van der Waals surface area (Å²) in [7, 11) is 0. The molecule has 0 aliphatic carbocycles. The minimum atomic E-state index is -1.05. The highest BCUT2D eigenvalue weighted by Gasteiger charge is 2.12. The van der Waals surface area contributed by atoms with Crippen LogP contribution in [0.1, 0.15) is 20.8 Å². The highest BCUT2D eigenvalue weighted by Crippen LogP contribution is 2.01. The number of hydrogen-bond donors (Lipinski definition) is 3. The maximum atomic E-state index is 10.4. The van der Waals surface area contributed by atoms with Crippen molar-refractivity contribution in [2.24, 2.45) is 0 Å². The smallest absolute Gasteiger partial charge is 0.333 e. The Bertz CT molecular complexity index is 257. The average molecular weight is 187 g/mol. The molecule has 0 aromatic heterocycles. The van der Waals surface area contributed by atoms with E-state index in [1.165, 1.54) is 20.8 Å². The number of carboxylic acid groups (broad SMARTS) is 2. The first kappa shape index (κ1) is 11.5. The SMILES string of the molecule is CC(N[C@@H](C)C(=O)O)=C(C)C(=O)O. The van der Waals surface area contributed by atoms with Crippen LogP contribution in [0, 0.1) is 0 Å². The molecule has 0 spiro atoms. The van der Waals surface area contributed by atoms with Gasteiger partial charge >= 0.3 is 11.9 Å². The Morgan fingerprint density at radius 2 is 1.69 bits per heavy atom. The number of hydrogen-bond acceptors (Lipinski definition) is 3. The third-order valence-corrected chi connectivity index (χ3v) is 1.69. The van der Waals surface area contributed by atoms with Crippen molar-refractivity contribution in [3.05, 3.63) is 11.3 Å². The van der Waals surface area contributed by atoms with Gasteiger partial charge < -0.3 is 15.5 Å². The Morgan fingerprint density at radius 1 is 1.23 bits per heavy atom. The van der Waals surface area contributed by atoms with Crippen LogP contribution in [0.25, 0.3) is 0 Å². The van der Waals surface area contributed by atoms with Gasteiger partial charge in [0, 0.05) is 5.70 Å². The largest absolute Gasteiger partial charge is 0.480 e. The molecule has 1 atom stereocenters. The highest BCUT2D eigenvalue weighted by atomic mass is 16.4. The molecule has 0 saturated carbocycles. The minimum Gasteiger partial charge on any atom is -0.480 e. The molecule has 0 saturated heterocycles. The monoisotopic (exact) mass is 187 g/mol. The third kappa shape index (κ3) is 3.59. The van der Waals surface area contributed by atoms with E-state index >= 15 is 0 Å². The summed E-state index contributed by atoms with van der Waals surface area (Å²) < 4.78 is 0. The van der Waals surface area contributed by atoms with Crippen LogP contribution in [0.3, 0.4) is 0 Å². The molecule has 74 valence electrons. The van der Waals surface area contributed by atoms with Gasteiger partial charge in [-0.2, -0.15) is 0 Å². The van der Waals surface area contributed by atoms with Crippen molar-refractivity contribution in [1.29, 1.82) is 0 Å². The van der Waals surface area contributed by atoms with Crippen molar-refractivity contribution < 1.29 is 19.8 Å². The molecule has 0 aromatic carbocycles. The maximum absolute atomic E-state index is 10.4. The lowest BCUT2D eigenvalue weighted by molar-refractivity contribution is -0.139. The van der Waals surface area contributed by atoms with Crippen LogP contribution >= 0.6 is 0 Å². The lowest BCUT2D eigenvalue weighted by Gasteiger charge is -2.12. The number of aliphatic carboxylic acids is 2. The fourth-order valence-electron chi connectivity index (χ4n) is 0.655. The quantitative estimate of drug-likeness (QED) is 0.555. The fourth-order valence-corrected chi connectivity index (χ4v) is 0.655. The van der Waals surface area contributed by atoms with Crippen molar-refractivity contribution in [3.8, 4) is 0 Å². The Morgan fingerprint density at radius 3 is 2.00 bits per heavy atom. The van der Waals surface area contributed by atoms with E-state index in [0.29, 0.717) is 5.70 Å². The van der Waals surface area contributed by atoms with Gasteiger partial charge in [-0.3, -0.25) is 4.79 Å². The van der Waals surface area contributed by atoms with Crippen LogP contribution in [0.2, 0.25) is 0 Å². The second-order valence-corrected chi connectivity index (χ2v) is 2.76. The van der Waals surface area contributed by atoms with E-state index in [0.717, 1.165) is 0 Å². The summed E-state index contributed by atoms with van der Waals surface area (Å²) in [5, 5.41) is 19.6. The lowest BCUT2D eigenvalue weighted by atomic mass is 10.2. The Hall–Kier alpha value is -1.52. The van der Waals surface area contributed by atoms with Crippen LogP contribution in [0.15, 0.2) is 11.3 Å². The zero-order chi connectivity index (χ0) is 10.6. The molecular formula is C8H13NO4. The van der Waals surface area contributed by atoms with E-state index in [4.69, 9.17) is 10.2 Å². The van der Waals surface area contributed by atoms with Crippen molar-refractivity contribution in [1.82, 2.24) is 5.32 Å². The van der Waals surface area contributed by atoms with Crippen LogP contribution < -0.4 is 5.32 Å². The summed E-state index contributed by atoms with van der Waals surface area (Å²) in [6.45, 7) is 4.39. The number of carboxylic acids is 2. The first-order valence-corrected chi connectivity index (χ1v) is 3.76. The molecule has 0 aromatic rings. The molecule has 3 N–H and O–H groups in total. The molecule has 0 aliphatic rings. The third-order valence-electron chi connectivity index (χ3n) is 1.69. The molecule has 13 heavy (non-hydrogen) atoms. The van der Waals surface area contributed by atoms with E-state index in [9.17, 15) is 9.59 Å². The molecular weight excluding hydrogens is 174 g/mol. The Kier molecular flexibility index (Phi) is 3.97. The molecule has 0 aliphatic heterocycles. The Labute approximate surface area is 76.1 Å². The van der Waals surface area contributed by atoms with Crippen LogP contribution in [0.4, 0.5) is 0 Å². The Balaban J connectivity index is 4.45. The zero-order valence-corrected chi connectivity index (χ0v) is 7.79. The van der Waals surface area contributed by atoms with Gasteiger partial charge in [-0.15, -0.1) is 0 Å². The van der Waals surface area contributed by atoms with Crippen LogP contribution in [0.5, 0.6) is 0 Å². The van der Waals surface area contributed by atoms with Crippen molar-refractivity contribution in [2.75, 3.05) is 0 Å². The molecule has 0 amide bonds. The van der Waals surface area contributed by atoms with E-state index in [1.807, 2.05) is 0 Å². The molecule has 0 radical (unpaired) electrons. The first-order chi connectivity index (χ1) is 5.86. The highest BCUT2D eigenvalue weighted by molar-refractivity contribution is 5.86. The average Bonchev–Trinajstić information content (AvgIpc) is 2.02. The van der Waals surface area contributed by atoms with Gasteiger partial charge in [0.2, 0.25) is 0 Å². The van der Waals surface area contributed by atoms with Crippen molar-refractivity contribution in [3.63, 3.8) is 0 Å². The molecule has 5 heteroatoms. The van der Waals surface area contributed by atoms with Gasteiger partial charge in [0.25, 0.3) is 0 Å². The zero-order valence-electron chi connectivity index (χ0n) is 7.79. The van der Waals surface area contributed by atoms with Gasteiger partial charge in [-0.25, -0.2) is 4.79 Å². The summed E-state index contributed by atoms with van der Waals surface area (Å²) in [4.78, 5) is 20.8. The van der Waals surface area contributed by atoms with E-state index in [-0.39, 0.29) is 5.57 Å². The normalized spacial score (nSPS) is 14.4. The molecule has 0 fully saturated rings. The first-order valence-electron chi connectivity index (χ1n) is 3.76. The minimum absolute atomic E-state index is 0.119. The predicted molar refractivity (Wildman–Crippen MR) is 46.2 cm³/mol. The summed E-state index contributed by atoms with van der Waals surface area (Å²) in [6.07, 6.45) is 0. The molecule has 5 nitrogen and oxygen atoms in total. The number of nitrogens with one attached hydrogen (secondary N) is 1. The van der Waals surface area contributed by atoms with Gasteiger partial charge in [0.1, 0.15) is 6.04 Å². The van der Waals surface area contributed by atoms with Gasteiger partial charge in [0.15, 0.2) is 0 Å². The molecule has 0 rings (SSSR count). The van der Waals surface area contributed by atoms with Crippen LogP contribution in [-0.4, -0.2) is 28.2 Å². The fraction of sp³-hybridized carbons (Fsp3) is 0.500. The second kappa shape index (κ2) is 4.49. The lowest BCUT2D eigenvalue weighted by Crippen LogP contribution is -2.33. The van der Waals surface area contributed by atoms with Gasteiger partial charge in [-0.05, 0) is 20.8 Å². The number of allylic oxidation sites excluding steroid dienone is 1. The predicted octanol–water partition coefficient (Wildman–Crippen LogP) is 0.428. The molecule has 0 heterocycles. The summed E-state index contributed by atoms with van der Waals surface area (Å²) in [5.41, 5.74) is 0.482. The van der Waals surface area contributed by atoms with Gasteiger partial charge in [-0.1, -0.05) is 0 Å². The number of rotatable bonds is 4. The summed E-state index contributed by atoms with van der Waals surface area (Å²) >= 11 is 0.